The Morgan fingerprint density at radius 1 is 1.06 bits per heavy atom. The van der Waals surface area contributed by atoms with Crippen LogP contribution in [0, 0.1) is 24.0 Å². The average molecular weight is 503 g/mol. The van der Waals surface area contributed by atoms with Gasteiger partial charge in [-0.1, -0.05) is 5.16 Å². The van der Waals surface area contributed by atoms with E-state index in [1.165, 1.54) is 45.1 Å². The third-order valence-electron chi connectivity index (χ3n) is 5.10. The van der Waals surface area contributed by atoms with E-state index in [0.29, 0.717) is 22.9 Å². The molecule has 0 saturated carbocycles. The van der Waals surface area contributed by atoms with Crippen molar-refractivity contribution in [1.82, 2.24) is 30.6 Å². The first kappa shape index (κ1) is 25.9. The van der Waals surface area contributed by atoms with Crippen LogP contribution in [0.3, 0.4) is 0 Å². The molecule has 3 rings (SSSR count). The monoisotopic (exact) mass is 503 g/mol. The molecule has 15 heteroatoms. The highest BCUT2D eigenvalue weighted by Gasteiger charge is 2.23. The first-order chi connectivity index (χ1) is 17.2. The SMILES string of the molecule is COc1cc(C(=O)NCCNC(=O)c2nc(Cn3nc(C)c([N+](=O)[O-])c3C)no2)cc(OC)c1OC. The van der Waals surface area contributed by atoms with Crippen LogP contribution in [0.1, 0.15) is 38.3 Å². The predicted octanol–water partition coefficient (Wildman–Crippen LogP) is 1.03. The van der Waals surface area contributed by atoms with E-state index in [2.05, 4.69) is 25.9 Å². The third kappa shape index (κ3) is 5.51. The molecule has 0 bridgehead atoms. The molecule has 2 amide bonds. The summed E-state index contributed by atoms with van der Waals surface area (Å²) in [5, 5.41) is 24.2. The highest BCUT2D eigenvalue weighted by molar-refractivity contribution is 5.95. The van der Waals surface area contributed by atoms with Crippen molar-refractivity contribution < 1.29 is 33.2 Å². The van der Waals surface area contributed by atoms with Gasteiger partial charge >= 0.3 is 17.5 Å². The molecule has 15 nitrogen and oxygen atoms in total. The number of hydrogen-bond acceptors (Lipinski definition) is 11. The second kappa shape index (κ2) is 11.2. The van der Waals surface area contributed by atoms with Crippen molar-refractivity contribution in [2.75, 3.05) is 34.4 Å². The van der Waals surface area contributed by atoms with Crippen LogP contribution in [0.15, 0.2) is 16.7 Å². The first-order valence-electron chi connectivity index (χ1n) is 10.6. The van der Waals surface area contributed by atoms with Crippen molar-refractivity contribution in [2.24, 2.45) is 0 Å². The van der Waals surface area contributed by atoms with E-state index in [4.69, 9.17) is 18.7 Å². The highest BCUT2D eigenvalue weighted by atomic mass is 16.6. The van der Waals surface area contributed by atoms with Gasteiger partial charge in [0.25, 0.3) is 5.91 Å². The maximum absolute atomic E-state index is 12.5. The molecule has 192 valence electrons. The van der Waals surface area contributed by atoms with E-state index in [-0.39, 0.29) is 48.3 Å². The Balaban J connectivity index is 1.54. The quantitative estimate of drug-likeness (QED) is 0.216. The lowest BCUT2D eigenvalue weighted by molar-refractivity contribution is -0.386. The molecule has 0 unspecified atom stereocenters. The van der Waals surface area contributed by atoms with Gasteiger partial charge in [-0.05, 0) is 26.0 Å². The molecule has 0 atom stereocenters. The van der Waals surface area contributed by atoms with E-state index in [1.807, 2.05) is 0 Å². The summed E-state index contributed by atoms with van der Waals surface area (Å²) in [5.74, 6) is -0.208. The smallest absolute Gasteiger partial charge is 0.316 e. The van der Waals surface area contributed by atoms with Gasteiger partial charge in [0, 0.05) is 18.7 Å². The van der Waals surface area contributed by atoms with Crippen molar-refractivity contribution in [3.63, 3.8) is 0 Å². The summed E-state index contributed by atoms with van der Waals surface area (Å²) in [6.45, 7) is 3.26. The fourth-order valence-electron chi connectivity index (χ4n) is 3.39. The van der Waals surface area contributed by atoms with Gasteiger partial charge in [-0.15, -0.1) is 0 Å². The fraction of sp³-hybridized carbons (Fsp3) is 0.381. The van der Waals surface area contributed by atoms with Crippen molar-refractivity contribution in [3.8, 4) is 17.2 Å². The van der Waals surface area contributed by atoms with Gasteiger partial charge in [0.15, 0.2) is 17.3 Å². The van der Waals surface area contributed by atoms with Crippen molar-refractivity contribution in [3.05, 3.63) is 50.9 Å². The highest BCUT2D eigenvalue weighted by Crippen LogP contribution is 2.38. The Morgan fingerprint density at radius 2 is 1.67 bits per heavy atom. The van der Waals surface area contributed by atoms with Crippen molar-refractivity contribution in [1.29, 1.82) is 0 Å². The van der Waals surface area contributed by atoms with Gasteiger partial charge in [-0.2, -0.15) is 10.1 Å². The molecule has 36 heavy (non-hydrogen) atoms. The number of methoxy groups -OCH3 is 3. The molecule has 0 aliphatic rings. The van der Waals surface area contributed by atoms with E-state index in [1.54, 1.807) is 6.92 Å². The Labute approximate surface area is 204 Å². The lowest BCUT2D eigenvalue weighted by Gasteiger charge is -2.14. The minimum Gasteiger partial charge on any atom is -0.493 e. The first-order valence-corrected chi connectivity index (χ1v) is 10.6. The summed E-state index contributed by atoms with van der Waals surface area (Å²) in [6, 6.07) is 3.01. The Kier molecular flexibility index (Phi) is 8.03. The molecule has 0 spiro atoms. The normalized spacial score (nSPS) is 10.6. The largest absolute Gasteiger partial charge is 0.493 e. The van der Waals surface area contributed by atoms with E-state index in [0.717, 1.165) is 0 Å². The molecule has 1 aromatic carbocycles. The number of amides is 2. The van der Waals surface area contributed by atoms with Crippen LogP contribution in [0.2, 0.25) is 0 Å². The van der Waals surface area contributed by atoms with Crippen LogP contribution in [-0.4, -0.2) is 71.1 Å². The topological polar surface area (TPSA) is 186 Å². The second-order valence-electron chi connectivity index (χ2n) is 7.38. The number of nitro groups is 1. The molecule has 3 aromatic rings. The Hall–Kier alpha value is -4.69. The summed E-state index contributed by atoms with van der Waals surface area (Å²) in [7, 11) is 4.34. The van der Waals surface area contributed by atoms with E-state index < -0.39 is 16.7 Å². The number of nitrogens with zero attached hydrogens (tertiary/aromatic N) is 5. The molecule has 0 saturated heterocycles. The fourth-order valence-corrected chi connectivity index (χ4v) is 3.39. The van der Waals surface area contributed by atoms with Crippen LogP contribution in [0.25, 0.3) is 0 Å². The van der Waals surface area contributed by atoms with Gasteiger partial charge in [-0.3, -0.25) is 24.4 Å². The summed E-state index contributed by atoms with van der Waals surface area (Å²) in [4.78, 5) is 39.4. The number of ether oxygens (including phenoxy) is 3. The maximum Gasteiger partial charge on any atom is 0.316 e. The minimum absolute atomic E-state index is 0.0118. The lowest BCUT2D eigenvalue weighted by atomic mass is 10.1. The molecule has 2 aromatic heterocycles. The summed E-state index contributed by atoms with van der Waals surface area (Å²) < 4.78 is 22.0. The number of carbonyl (C=O) groups excluding carboxylic acids is 2. The number of benzene rings is 1. The van der Waals surface area contributed by atoms with Gasteiger partial charge in [-0.25, -0.2) is 0 Å². The van der Waals surface area contributed by atoms with E-state index in [9.17, 15) is 19.7 Å². The number of rotatable bonds is 11. The number of carbonyl (C=O) groups is 2. The Morgan fingerprint density at radius 3 is 2.19 bits per heavy atom. The Bertz CT molecular complexity index is 1260. The maximum atomic E-state index is 12.5. The van der Waals surface area contributed by atoms with Gasteiger partial charge in [0.05, 0.1) is 26.3 Å². The summed E-state index contributed by atoms with van der Waals surface area (Å²) >= 11 is 0. The lowest BCUT2D eigenvalue weighted by Crippen LogP contribution is -2.34. The van der Waals surface area contributed by atoms with E-state index >= 15 is 0 Å². The van der Waals surface area contributed by atoms with Gasteiger partial charge < -0.3 is 29.4 Å². The van der Waals surface area contributed by atoms with Crippen LogP contribution in [0.5, 0.6) is 17.2 Å². The van der Waals surface area contributed by atoms with Crippen molar-refractivity contribution in [2.45, 2.75) is 20.4 Å². The summed E-state index contributed by atoms with van der Waals surface area (Å²) in [6.07, 6.45) is 0. The van der Waals surface area contributed by atoms with Crippen molar-refractivity contribution >= 4 is 17.5 Å². The number of hydrogen-bond donors (Lipinski definition) is 2. The second-order valence-corrected chi connectivity index (χ2v) is 7.38. The standard InChI is InChI=1S/C21H25N7O8/c1-11-17(28(31)32)12(2)27(25-11)10-16-24-21(36-26-16)20(30)23-7-6-22-19(29)13-8-14(33-3)18(35-5)15(9-13)34-4/h8-9H,6-7,10H2,1-5H3,(H,22,29)(H,23,30). The zero-order valence-corrected chi connectivity index (χ0v) is 20.3. The molecule has 2 heterocycles. The zero-order chi connectivity index (χ0) is 26.4. The molecular weight excluding hydrogens is 478 g/mol. The molecular formula is C21H25N7O8. The van der Waals surface area contributed by atoms with Crippen LogP contribution >= 0.6 is 0 Å². The zero-order valence-electron chi connectivity index (χ0n) is 20.3. The molecule has 0 aliphatic carbocycles. The average Bonchev–Trinajstić information content (AvgIpc) is 3.44. The number of aryl methyl sites for hydroxylation is 1. The van der Waals surface area contributed by atoms with Gasteiger partial charge in [0.2, 0.25) is 5.75 Å². The molecule has 0 aliphatic heterocycles. The predicted molar refractivity (Wildman–Crippen MR) is 123 cm³/mol. The summed E-state index contributed by atoms with van der Waals surface area (Å²) in [5.41, 5.74) is 0.774. The minimum atomic E-state index is -0.643. The van der Waals surface area contributed by atoms with Gasteiger partial charge in [0.1, 0.15) is 17.9 Å². The third-order valence-corrected chi connectivity index (χ3v) is 5.10. The molecule has 2 N–H and O–H groups in total. The van der Waals surface area contributed by atoms with Crippen LogP contribution < -0.4 is 24.8 Å². The number of nitrogens with one attached hydrogen (secondary N) is 2. The van der Waals surface area contributed by atoms with Crippen LogP contribution in [0.4, 0.5) is 5.69 Å². The molecule has 0 radical (unpaired) electrons. The van der Waals surface area contributed by atoms with Crippen LogP contribution in [-0.2, 0) is 6.54 Å². The molecule has 0 fully saturated rings. The number of aromatic nitrogens is 4.